The summed E-state index contributed by atoms with van der Waals surface area (Å²) in [6.45, 7) is 0.572. The van der Waals surface area contributed by atoms with Crippen molar-refractivity contribution < 1.29 is 9.59 Å². The normalized spacial score (nSPS) is 20.9. The van der Waals surface area contributed by atoms with Crippen molar-refractivity contribution in [1.29, 1.82) is 0 Å². The number of alkyl halides is 1. The van der Waals surface area contributed by atoms with E-state index in [0.29, 0.717) is 19.4 Å². The summed E-state index contributed by atoms with van der Waals surface area (Å²) < 4.78 is 0. The van der Waals surface area contributed by atoms with Gasteiger partial charge in [0, 0.05) is 30.8 Å². The predicted molar refractivity (Wildman–Crippen MR) is 61.8 cm³/mol. The van der Waals surface area contributed by atoms with Crippen molar-refractivity contribution in [1.82, 2.24) is 10.6 Å². The number of hydrogen-bond donors (Lipinski definition) is 2. The molecule has 0 spiro atoms. The Morgan fingerprint density at radius 3 is 2.93 bits per heavy atom. The second-order valence-electron chi connectivity index (χ2n) is 3.75. The number of piperidine rings is 1. The number of nitrogens with one attached hydrogen (secondary N) is 2. The van der Waals surface area contributed by atoms with Crippen LogP contribution in [0, 0.1) is 0 Å². The number of unbranched alkanes of at least 4 members (excludes halogenated alkanes) is 1. The Hall–Kier alpha value is -0.580. The third-order valence-electron chi connectivity index (χ3n) is 2.42. The van der Waals surface area contributed by atoms with Gasteiger partial charge in [-0.3, -0.25) is 9.59 Å². The molecular weight excluding hydrogens is 260 g/mol. The van der Waals surface area contributed by atoms with E-state index in [4.69, 9.17) is 0 Å². The van der Waals surface area contributed by atoms with E-state index in [1.54, 1.807) is 0 Å². The zero-order valence-corrected chi connectivity index (χ0v) is 10.3. The summed E-state index contributed by atoms with van der Waals surface area (Å²) in [6.07, 6.45) is 3.80. The van der Waals surface area contributed by atoms with Gasteiger partial charge in [-0.2, -0.15) is 0 Å². The Kier molecular flexibility index (Phi) is 5.68. The molecule has 1 heterocycles. The molecule has 1 atom stereocenters. The van der Waals surface area contributed by atoms with Crippen LogP contribution in [0.1, 0.15) is 32.1 Å². The molecule has 0 aliphatic carbocycles. The lowest BCUT2D eigenvalue weighted by molar-refractivity contribution is -0.125. The van der Waals surface area contributed by atoms with Gasteiger partial charge < -0.3 is 10.6 Å². The maximum Gasteiger partial charge on any atom is 0.220 e. The van der Waals surface area contributed by atoms with Crippen LogP contribution in [-0.2, 0) is 9.59 Å². The number of rotatable bonds is 5. The number of carbonyl (C=O) groups excluding carboxylic acids is 2. The smallest absolute Gasteiger partial charge is 0.220 e. The van der Waals surface area contributed by atoms with Crippen molar-refractivity contribution in [3.8, 4) is 0 Å². The van der Waals surface area contributed by atoms with Crippen molar-refractivity contribution in [3.05, 3.63) is 0 Å². The van der Waals surface area contributed by atoms with Crippen molar-refractivity contribution >= 4 is 27.7 Å². The lowest BCUT2D eigenvalue weighted by atomic mass is 10.1. The zero-order chi connectivity index (χ0) is 11.1. The first-order valence-corrected chi connectivity index (χ1v) is 6.46. The third kappa shape index (κ3) is 5.16. The van der Waals surface area contributed by atoms with Crippen LogP contribution in [-0.4, -0.2) is 29.7 Å². The number of amides is 2. The fraction of sp³-hybridized carbons (Fsp3) is 0.800. The molecule has 0 aromatic rings. The fourth-order valence-corrected chi connectivity index (χ4v) is 1.93. The zero-order valence-electron chi connectivity index (χ0n) is 8.72. The average Bonchev–Trinajstić information content (AvgIpc) is 2.22. The van der Waals surface area contributed by atoms with Crippen LogP contribution in [0.25, 0.3) is 0 Å². The van der Waals surface area contributed by atoms with Gasteiger partial charge >= 0.3 is 0 Å². The van der Waals surface area contributed by atoms with Crippen molar-refractivity contribution in [3.63, 3.8) is 0 Å². The molecule has 0 aromatic heterocycles. The molecule has 4 nitrogen and oxygen atoms in total. The monoisotopic (exact) mass is 276 g/mol. The minimum Gasteiger partial charge on any atom is -0.354 e. The lowest BCUT2D eigenvalue weighted by Gasteiger charge is -2.23. The van der Waals surface area contributed by atoms with Crippen LogP contribution in [0.15, 0.2) is 0 Å². The summed E-state index contributed by atoms with van der Waals surface area (Å²) in [7, 11) is 0. The minimum absolute atomic E-state index is 0.0831. The third-order valence-corrected chi connectivity index (χ3v) is 2.98. The highest BCUT2D eigenvalue weighted by atomic mass is 79.9. The SMILES string of the molecule is O=C1CCC(NC(=O)CCCCBr)CN1. The molecule has 0 saturated carbocycles. The van der Waals surface area contributed by atoms with E-state index in [2.05, 4.69) is 26.6 Å². The summed E-state index contributed by atoms with van der Waals surface area (Å²) in [4.78, 5) is 22.3. The van der Waals surface area contributed by atoms with Crippen molar-refractivity contribution in [2.24, 2.45) is 0 Å². The van der Waals surface area contributed by atoms with Crippen LogP contribution in [0.4, 0.5) is 0 Å². The highest BCUT2D eigenvalue weighted by Gasteiger charge is 2.18. The summed E-state index contributed by atoms with van der Waals surface area (Å²) in [5, 5.41) is 6.62. The maximum absolute atomic E-state index is 11.4. The van der Waals surface area contributed by atoms with Crippen molar-refractivity contribution in [2.45, 2.75) is 38.1 Å². The Balaban J connectivity index is 2.12. The van der Waals surface area contributed by atoms with E-state index in [-0.39, 0.29) is 17.9 Å². The van der Waals surface area contributed by atoms with E-state index in [9.17, 15) is 9.59 Å². The van der Waals surface area contributed by atoms with Gasteiger partial charge in [-0.05, 0) is 19.3 Å². The fourth-order valence-electron chi connectivity index (χ4n) is 1.54. The van der Waals surface area contributed by atoms with Gasteiger partial charge in [0.05, 0.1) is 0 Å². The molecule has 1 aliphatic heterocycles. The second-order valence-corrected chi connectivity index (χ2v) is 4.55. The van der Waals surface area contributed by atoms with E-state index < -0.39 is 0 Å². The molecule has 5 heteroatoms. The van der Waals surface area contributed by atoms with Crippen molar-refractivity contribution in [2.75, 3.05) is 11.9 Å². The van der Waals surface area contributed by atoms with Gasteiger partial charge in [-0.25, -0.2) is 0 Å². The molecule has 0 bridgehead atoms. The van der Waals surface area contributed by atoms with Crippen LogP contribution in [0.5, 0.6) is 0 Å². The summed E-state index contributed by atoms with van der Waals surface area (Å²) in [6, 6.07) is 0.124. The van der Waals surface area contributed by atoms with Gasteiger partial charge in [-0.15, -0.1) is 0 Å². The molecular formula is C10H17BrN2O2. The Morgan fingerprint density at radius 2 is 2.33 bits per heavy atom. The lowest BCUT2D eigenvalue weighted by Crippen LogP contribution is -2.47. The standard InChI is InChI=1S/C10H17BrN2O2/c11-6-2-1-3-10(15)13-8-4-5-9(14)12-7-8/h8H,1-7H2,(H,12,14)(H,13,15). The maximum atomic E-state index is 11.4. The highest BCUT2D eigenvalue weighted by Crippen LogP contribution is 2.04. The first kappa shape index (κ1) is 12.5. The predicted octanol–water partition coefficient (Wildman–Crippen LogP) is 0.946. The molecule has 1 saturated heterocycles. The second kappa shape index (κ2) is 6.82. The molecule has 1 fully saturated rings. The molecule has 2 N–H and O–H groups in total. The Morgan fingerprint density at radius 1 is 1.53 bits per heavy atom. The minimum atomic E-state index is 0.0831. The summed E-state index contributed by atoms with van der Waals surface area (Å²) >= 11 is 3.33. The van der Waals surface area contributed by atoms with Crippen LogP contribution >= 0.6 is 15.9 Å². The summed E-state index contributed by atoms with van der Waals surface area (Å²) in [5.41, 5.74) is 0. The Labute approximate surface area is 98.3 Å². The molecule has 1 unspecified atom stereocenters. The number of halogens is 1. The first-order chi connectivity index (χ1) is 7.22. The van der Waals surface area contributed by atoms with E-state index in [1.165, 1.54) is 0 Å². The number of hydrogen-bond acceptors (Lipinski definition) is 2. The molecule has 1 aliphatic rings. The quantitative estimate of drug-likeness (QED) is 0.580. The summed E-state index contributed by atoms with van der Waals surface area (Å²) in [5.74, 6) is 0.178. The highest BCUT2D eigenvalue weighted by molar-refractivity contribution is 9.09. The van der Waals surface area contributed by atoms with Gasteiger partial charge in [0.2, 0.25) is 11.8 Å². The van der Waals surface area contributed by atoms with E-state index in [1.807, 2.05) is 0 Å². The van der Waals surface area contributed by atoms with Gasteiger partial charge in [0.15, 0.2) is 0 Å². The van der Waals surface area contributed by atoms with Gasteiger partial charge in [0.1, 0.15) is 0 Å². The topological polar surface area (TPSA) is 58.2 Å². The van der Waals surface area contributed by atoms with Crippen LogP contribution < -0.4 is 10.6 Å². The number of carbonyl (C=O) groups is 2. The largest absolute Gasteiger partial charge is 0.354 e. The molecule has 1 rings (SSSR count). The molecule has 15 heavy (non-hydrogen) atoms. The Bertz CT molecular complexity index is 223. The van der Waals surface area contributed by atoms with Crippen LogP contribution in [0.2, 0.25) is 0 Å². The molecule has 86 valence electrons. The molecule has 0 aromatic carbocycles. The first-order valence-electron chi connectivity index (χ1n) is 5.34. The van der Waals surface area contributed by atoms with E-state index >= 15 is 0 Å². The van der Waals surface area contributed by atoms with Crippen LogP contribution in [0.3, 0.4) is 0 Å². The van der Waals surface area contributed by atoms with Gasteiger partial charge in [0.25, 0.3) is 0 Å². The molecule has 2 amide bonds. The van der Waals surface area contributed by atoms with E-state index in [0.717, 1.165) is 24.6 Å². The molecule has 0 radical (unpaired) electrons. The average molecular weight is 277 g/mol. The van der Waals surface area contributed by atoms with Gasteiger partial charge in [-0.1, -0.05) is 15.9 Å².